The van der Waals surface area contributed by atoms with Crippen LogP contribution in [0.1, 0.15) is 149 Å². The summed E-state index contributed by atoms with van der Waals surface area (Å²) in [5, 5.41) is 9.52. The number of aliphatic carboxylic acids is 1. The normalized spacial score (nSPS) is 18.6. The van der Waals surface area contributed by atoms with Crippen LogP contribution in [0.5, 0.6) is 0 Å². The lowest BCUT2D eigenvalue weighted by atomic mass is 9.84. The van der Waals surface area contributed by atoms with Crippen LogP contribution in [0.4, 0.5) is 0 Å². The van der Waals surface area contributed by atoms with E-state index in [1.54, 1.807) is 6.08 Å². The Morgan fingerprint density at radius 3 is 1.65 bits per heavy atom. The van der Waals surface area contributed by atoms with Crippen LogP contribution >= 0.6 is 0 Å². The maximum Gasteiger partial charge on any atom is 0.313 e. The molecular formula is C30H54O4. The van der Waals surface area contributed by atoms with E-state index in [1.165, 1.54) is 96.3 Å². The van der Waals surface area contributed by atoms with Gasteiger partial charge in [0.1, 0.15) is 6.10 Å². The third kappa shape index (κ3) is 14.8. The topological polar surface area (TPSA) is 63.6 Å². The Morgan fingerprint density at radius 1 is 0.765 bits per heavy atom. The first-order chi connectivity index (χ1) is 16.6. The predicted octanol–water partition coefficient (Wildman–Crippen LogP) is 9.02. The molecule has 4 nitrogen and oxygen atoms in total. The van der Waals surface area contributed by atoms with E-state index >= 15 is 0 Å². The van der Waals surface area contributed by atoms with E-state index < -0.39 is 17.8 Å². The van der Waals surface area contributed by atoms with E-state index in [-0.39, 0.29) is 12.1 Å². The van der Waals surface area contributed by atoms with Crippen LogP contribution in [-0.2, 0) is 14.3 Å². The molecule has 0 aliphatic heterocycles. The monoisotopic (exact) mass is 478 g/mol. The van der Waals surface area contributed by atoms with Crippen LogP contribution in [0, 0.1) is 11.8 Å². The van der Waals surface area contributed by atoms with Gasteiger partial charge < -0.3 is 9.84 Å². The lowest BCUT2D eigenvalue weighted by Gasteiger charge is -2.26. The van der Waals surface area contributed by atoms with Gasteiger partial charge in [-0.1, -0.05) is 122 Å². The van der Waals surface area contributed by atoms with Gasteiger partial charge in [0.05, 0.1) is 11.8 Å². The van der Waals surface area contributed by atoms with Crippen molar-refractivity contribution in [3.05, 3.63) is 12.2 Å². The third-order valence-electron chi connectivity index (χ3n) is 7.30. The first kappa shape index (κ1) is 30.7. The molecular weight excluding hydrogens is 424 g/mol. The number of ether oxygens (including phenoxy) is 1. The highest BCUT2D eigenvalue weighted by atomic mass is 16.5. The maximum absolute atomic E-state index is 12.9. The van der Waals surface area contributed by atoms with E-state index in [4.69, 9.17) is 4.74 Å². The summed E-state index contributed by atoms with van der Waals surface area (Å²) in [6.45, 7) is 4.50. The van der Waals surface area contributed by atoms with Crippen molar-refractivity contribution in [1.82, 2.24) is 0 Å². The molecule has 0 saturated heterocycles. The van der Waals surface area contributed by atoms with Gasteiger partial charge in [-0.15, -0.1) is 0 Å². The fourth-order valence-electron chi connectivity index (χ4n) is 5.05. The Kier molecular flexibility index (Phi) is 19.0. The summed E-state index contributed by atoms with van der Waals surface area (Å²) in [6, 6.07) is 0. The third-order valence-corrected chi connectivity index (χ3v) is 7.30. The highest BCUT2D eigenvalue weighted by Gasteiger charge is 2.35. The van der Waals surface area contributed by atoms with Crippen LogP contribution in [0.2, 0.25) is 0 Å². The van der Waals surface area contributed by atoms with E-state index in [0.717, 1.165) is 32.1 Å². The summed E-state index contributed by atoms with van der Waals surface area (Å²) in [6.07, 6.45) is 28.4. The van der Waals surface area contributed by atoms with Gasteiger partial charge in [-0.3, -0.25) is 9.59 Å². The minimum atomic E-state index is -0.884. The molecule has 0 aromatic rings. The number of rotatable bonds is 22. The van der Waals surface area contributed by atoms with Gasteiger partial charge in [0.25, 0.3) is 0 Å². The molecule has 0 bridgehead atoms. The second-order valence-electron chi connectivity index (χ2n) is 10.4. The summed E-state index contributed by atoms with van der Waals surface area (Å²) in [4.78, 5) is 24.5. The smallest absolute Gasteiger partial charge is 0.313 e. The van der Waals surface area contributed by atoms with Crippen molar-refractivity contribution in [2.45, 2.75) is 155 Å². The van der Waals surface area contributed by atoms with Crippen molar-refractivity contribution in [2.24, 2.45) is 11.8 Å². The number of hydrogen-bond donors (Lipinski definition) is 1. The number of carboxylic acids is 1. The van der Waals surface area contributed by atoms with Gasteiger partial charge in [0, 0.05) is 0 Å². The molecule has 0 radical (unpaired) electrons. The molecule has 0 fully saturated rings. The predicted molar refractivity (Wildman–Crippen MR) is 142 cm³/mol. The molecule has 0 saturated carbocycles. The highest BCUT2D eigenvalue weighted by Crippen LogP contribution is 2.28. The Hall–Kier alpha value is -1.32. The van der Waals surface area contributed by atoms with Crippen molar-refractivity contribution < 1.29 is 19.4 Å². The summed E-state index contributed by atoms with van der Waals surface area (Å²) in [5.41, 5.74) is 0. The molecule has 0 spiro atoms. The molecule has 3 unspecified atom stereocenters. The first-order valence-corrected chi connectivity index (χ1v) is 14.7. The van der Waals surface area contributed by atoms with Crippen molar-refractivity contribution in [3.63, 3.8) is 0 Å². The van der Waals surface area contributed by atoms with Crippen molar-refractivity contribution in [2.75, 3.05) is 0 Å². The summed E-state index contributed by atoms with van der Waals surface area (Å²) < 4.78 is 5.95. The van der Waals surface area contributed by atoms with E-state index in [0.29, 0.717) is 6.42 Å². The Morgan fingerprint density at radius 2 is 1.21 bits per heavy atom. The Balaban J connectivity index is 2.40. The minimum Gasteiger partial charge on any atom is -0.481 e. The average molecular weight is 479 g/mol. The zero-order valence-electron chi connectivity index (χ0n) is 22.4. The lowest BCUT2D eigenvalue weighted by Crippen LogP contribution is -2.33. The van der Waals surface area contributed by atoms with Crippen molar-refractivity contribution >= 4 is 11.9 Å². The van der Waals surface area contributed by atoms with Gasteiger partial charge >= 0.3 is 11.9 Å². The molecule has 0 heterocycles. The number of carbonyl (C=O) groups excluding carboxylic acids is 1. The molecule has 1 aliphatic carbocycles. The van der Waals surface area contributed by atoms with Crippen LogP contribution in [-0.4, -0.2) is 23.1 Å². The lowest BCUT2D eigenvalue weighted by molar-refractivity contribution is -0.160. The number of unbranched alkanes of at least 4 members (excludes halogenated alkanes) is 15. The van der Waals surface area contributed by atoms with Crippen molar-refractivity contribution in [1.29, 1.82) is 0 Å². The van der Waals surface area contributed by atoms with Gasteiger partial charge in [-0.25, -0.2) is 0 Å². The Bertz CT molecular complexity index is 542. The molecule has 1 N–H and O–H groups in total. The number of allylic oxidation sites excluding steroid dienone is 1. The summed E-state index contributed by atoms with van der Waals surface area (Å²) >= 11 is 0. The number of carbonyl (C=O) groups is 2. The highest BCUT2D eigenvalue weighted by molar-refractivity contribution is 5.83. The van der Waals surface area contributed by atoms with Gasteiger partial charge in [0.15, 0.2) is 0 Å². The van der Waals surface area contributed by atoms with Gasteiger partial charge in [-0.05, 0) is 38.5 Å². The number of hydrogen-bond acceptors (Lipinski definition) is 3. The molecule has 1 rings (SSSR count). The van der Waals surface area contributed by atoms with Gasteiger partial charge in [0.2, 0.25) is 0 Å². The molecule has 34 heavy (non-hydrogen) atoms. The molecule has 3 atom stereocenters. The van der Waals surface area contributed by atoms with Crippen LogP contribution in [0.15, 0.2) is 12.2 Å². The zero-order valence-corrected chi connectivity index (χ0v) is 22.4. The van der Waals surface area contributed by atoms with E-state index in [1.807, 2.05) is 6.08 Å². The number of carboxylic acid groups (broad SMARTS) is 1. The second kappa shape index (κ2) is 21.0. The fourth-order valence-corrected chi connectivity index (χ4v) is 5.05. The van der Waals surface area contributed by atoms with Crippen LogP contribution < -0.4 is 0 Å². The Labute approximate surface area is 210 Å². The molecule has 4 heteroatoms. The zero-order chi connectivity index (χ0) is 24.9. The van der Waals surface area contributed by atoms with Crippen LogP contribution in [0.25, 0.3) is 0 Å². The maximum atomic E-state index is 12.9. The van der Waals surface area contributed by atoms with E-state index in [2.05, 4.69) is 13.8 Å². The molecule has 0 aromatic heterocycles. The molecule has 0 aromatic carbocycles. The molecule has 198 valence electrons. The largest absolute Gasteiger partial charge is 0.481 e. The SMILES string of the molecule is CCCCCCCCCCCC(CCCCCCCCCC)OC(=O)C1C=CCCC1C(=O)O. The van der Waals surface area contributed by atoms with Gasteiger partial charge in [-0.2, -0.15) is 0 Å². The average Bonchev–Trinajstić information content (AvgIpc) is 2.84. The van der Waals surface area contributed by atoms with Crippen molar-refractivity contribution in [3.8, 4) is 0 Å². The minimum absolute atomic E-state index is 0.0677. The standard InChI is InChI=1S/C30H54O4/c1-3-5-7-9-11-13-15-17-19-23-26(22-18-16-14-12-10-8-6-4-2)34-30(33)28-25-21-20-24-27(28)29(31)32/h21,25-28H,3-20,22-24H2,1-2H3,(H,31,32). The second-order valence-corrected chi connectivity index (χ2v) is 10.4. The fraction of sp³-hybridized carbons (Fsp3) is 0.867. The molecule has 0 amide bonds. The number of esters is 1. The summed E-state index contributed by atoms with van der Waals surface area (Å²) in [7, 11) is 0. The van der Waals surface area contributed by atoms with Crippen LogP contribution in [0.3, 0.4) is 0 Å². The summed E-state index contributed by atoms with van der Waals surface area (Å²) in [5.74, 6) is -2.49. The molecule has 1 aliphatic rings. The first-order valence-electron chi connectivity index (χ1n) is 14.7. The quantitative estimate of drug-likeness (QED) is 0.0957. The van der Waals surface area contributed by atoms with E-state index in [9.17, 15) is 14.7 Å².